The standard InChI is InChI=1S/C26H40O2/c1-20(2)10-7-14-23(5)24-17-16-22(4)12-8-11-21(3)13-9-15-25(19-18-24)26(27)28-6/h10,12-13,19,24H,5,7-9,11,14-18H2,1-4,6H3/b21-13-,22-12+,25-19-/t24-/m1/s1. The molecule has 1 rings (SSSR count). The third-order valence-electron chi connectivity index (χ3n) is 5.52. The lowest BCUT2D eigenvalue weighted by atomic mass is 9.86. The molecule has 0 N–H and O–H groups in total. The van der Waals surface area contributed by atoms with Crippen molar-refractivity contribution in [3.05, 3.63) is 58.7 Å². The van der Waals surface area contributed by atoms with Crippen LogP contribution < -0.4 is 0 Å². The van der Waals surface area contributed by atoms with Gasteiger partial charge in [-0.1, -0.05) is 53.2 Å². The highest BCUT2D eigenvalue weighted by Crippen LogP contribution is 2.28. The van der Waals surface area contributed by atoms with E-state index in [0.29, 0.717) is 5.92 Å². The maximum atomic E-state index is 12.2. The van der Waals surface area contributed by atoms with Gasteiger partial charge in [-0.15, -0.1) is 0 Å². The van der Waals surface area contributed by atoms with Crippen molar-refractivity contribution >= 4 is 5.97 Å². The summed E-state index contributed by atoms with van der Waals surface area (Å²) in [5, 5.41) is 0. The fraction of sp³-hybridized carbons (Fsp3) is 0.577. The zero-order valence-electron chi connectivity index (χ0n) is 18.8. The molecule has 0 amide bonds. The first-order valence-electron chi connectivity index (χ1n) is 10.7. The van der Waals surface area contributed by atoms with Gasteiger partial charge >= 0.3 is 5.97 Å². The van der Waals surface area contributed by atoms with Gasteiger partial charge < -0.3 is 4.74 Å². The number of hydrogen-bond donors (Lipinski definition) is 0. The Morgan fingerprint density at radius 1 is 1.11 bits per heavy atom. The molecule has 0 saturated carbocycles. The van der Waals surface area contributed by atoms with Crippen molar-refractivity contribution in [1.29, 1.82) is 0 Å². The highest BCUT2D eigenvalue weighted by molar-refractivity contribution is 5.88. The van der Waals surface area contributed by atoms with Crippen LogP contribution in [0.3, 0.4) is 0 Å². The number of carbonyl (C=O) groups is 1. The molecule has 0 heterocycles. The predicted molar refractivity (Wildman–Crippen MR) is 121 cm³/mol. The average Bonchev–Trinajstić information content (AvgIpc) is 2.64. The second-order valence-electron chi connectivity index (χ2n) is 8.35. The van der Waals surface area contributed by atoms with E-state index >= 15 is 0 Å². The Morgan fingerprint density at radius 2 is 1.75 bits per heavy atom. The SMILES string of the molecule is C=C(CCC=C(C)C)[C@H]1C/C=C(\C(=O)OC)CC/C=C(/C)CC/C=C(\C)CC1. The van der Waals surface area contributed by atoms with Crippen molar-refractivity contribution in [3.8, 4) is 0 Å². The molecule has 0 radical (unpaired) electrons. The van der Waals surface area contributed by atoms with Gasteiger partial charge in [-0.2, -0.15) is 0 Å². The van der Waals surface area contributed by atoms with Crippen molar-refractivity contribution in [1.82, 2.24) is 0 Å². The van der Waals surface area contributed by atoms with Gasteiger partial charge in [0.05, 0.1) is 7.11 Å². The number of esters is 1. The summed E-state index contributed by atoms with van der Waals surface area (Å²) in [6, 6.07) is 0. The van der Waals surface area contributed by atoms with Crippen LogP contribution in [-0.4, -0.2) is 13.1 Å². The monoisotopic (exact) mass is 384 g/mol. The maximum absolute atomic E-state index is 12.2. The van der Waals surface area contributed by atoms with Crippen LogP contribution >= 0.6 is 0 Å². The van der Waals surface area contributed by atoms with E-state index in [1.54, 1.807) is 0 Å². The minimum atomic E-state index is -0.192. The van der Waals surface area contributed by atoms with Crippen LogP contribution in [0, 0.1) is 5.92 Å². The summed E-state index contributed by atoms with van der Waals surface area (Å²) < 4.78 is 5.02. The van der Waals surface area contributed by atoms with Gasteiger partial charge in [0.15, 0.2) is 0 Å². The number of allylic oxidation sites excluding steroid dienone is 8. The second kappa shape index (κ2) is 13.4. The summed E-state index contributed by atoms with van der Waals surface area (Å²) in [4.78, 5) is 12.2. The summed E-state index contributed by atoms with van der Waals surface area (Å²) in [5.74, 6) is 0.219. The van der Waals surface area contributed by atoms with Crippen LogP contribution in [-0.2, 0) is 9.53 Å². The molecule has 2 nitrogen and oxygen atoms in total. The smallest absolute Gasteiger partial charge is 0.333 e. The first-order valence-corrected chi connectivity index (χ1v) is 10.7. The molecule has 28 heavy (non-hydrogen) atoms. The summed E-state index contributed by atoms with van der Waals surface area (Å²) >= 11 is 0. The topological polar surface area (TPSA) is 26.3 Å². The largest absolute Gasteiger partial charge is 0.466 e. The average molecular weight is 385 g/mol. The third-order valence-corrected chi connectivity index (χ3v) is 5.52. The van der Waals surface area contributed by atoms with E-state index in [-0.39, 0.29) is 5.97 Å². The van der Waals surface area contributed by atoms with E-state index in [2.05, 4.69) is 58.6 Å². The van der Waals surface area contributed by atoms with E-state index in [0.717, 1.165) is 63.4 Å². The first-order chi connectivity index (χ1) is 13.3. The molecule has 1 atom stereocenters. The molecule has 0 aromatic carbocycles. The molecule has 0 bridgehead atoms. The van der Waals surface area contributed by atoms with E-state index in [4.69, 9.17) is 4.74 Å². The van der Waals surface area contributed by atoms with Gasteiger partial charge in [-0.25, -0.2) is 4.79 Å². The highest BCUT2D eigenvalue weighted by atomic mass is 16.5. The van der Waals surface area contributed by atoms with Gasteiger partial charge in [0.1, 0.15) is 0 Å². The Kier molecular flexibility index (Phi) is 11.6. The minimum Gasteiger partial charge on any atom is -0.466 e. The Morgan fingerprint density at radius 3 is 2.39 bits per heavy atom. The Hall–Kier alpha value is -1.83. The molecule has 2 heteroatoms. The van der Waals surface area contributed by atoms with Crippen LogP contribution in [0.2, 0.25) is 0 Å². The Bertz CT molecular complexity index is 639. The summed E-state index contributed by atoms with van der Waals surface area (Å²) in [7, 11) is 1.47. The molecule has 0 unspecified atom stereocenters. The number of rotatable bonds is 5. The first kappa shape index (κ1) is 24.2. The van der Waals surface area contributed by atoms with Gasteiger partial charge in [-0.3, -0.25) is 0 Å². The van der Waals surface area contributed by atoms with Gasteiger partial charge in [0, 0.05) is 5.57 Å². The Labute approximate surface area is 173 Å². The molecule has 1 aliphatic carbocycles. The van der Waals surface area contributed by atoms with E-state index < -0.39 is 0 Å². The molecule has 0 saturated heterocycles. The van der Waals surface area contributed by atoms with Gasteiger partial charge in [-0.05, 0) is 91.4 Å². The van der Waals surface area contributed by atoms with Gasteiger partial charge in [0.25, 0.3) is 0 Å². The van der Waals surface area contributed by atoms with Crippen molar-refractivity contribution in [2.45, 2.75) is 85.5 Å². The molecule has 0 spiro atoms. The van der Waals surface area contributed by atoms with Crippen LogP contribution in [0.25, 0.3) is 0 Å². The number of ether oxygens (including phenoxy) is 1. The third kappa shape index (κ3) is 9.92. The molecule has 156 valence electrons. The maximum Gasteiger partial charge on any atom is 0.333 e. The zero-order valence-corrected chi connectivity index (χ0v) is 18.8. The molecule has 0 aliphatic heterocycles. The molecule has 1 aliphatic rings. The van der Waals surface area contributed by atoms with Crippen LogP contribution in [0.5, 0.6) is 0 Å². The lowest BCUT2D eigenvalue weighted by molar-refractivity contribution is -0.136. The van der Waals surface area contributed by atoms with E-state index in [1.807, 2.05) is 0 Å². The number of methoxy groups -OCH3 is 1. The van der Waals surface area contributed by atoms with E-state index in [1.165, 1.54) is 29.4 Å². The summed E-state index contributed by atoms with van der Waals surface area (Å²) in [6.45, 7) is 13.1. The van der Waals surface area contributed by atoms with Crippen LogP contribution in [0.4, 0.5) is 0 Å². The lowest BCUT2D eigenvalue weighted by Gasteiger charge is -2.19. The fourth-order valence-electron chi connectivity index (χ4n) is 3.57. The lowest BCUT2D eigenvalue weighted by Crippen LogP contribution is -2.08. The quantitative estimate of drug-likeness (QED) is 0.359. The highest BCUT2D eigenvalue weighted by Gasteiger charge is 2.15. The van der Waals surface area contributed by atoms with Gasteiger partial charge in [0.2, 0.25) is 0 Å². The molecule has 0 aromatic heterocycles. The van der Waals surface area contributed by atoms with Crippen molar-refractivity contribution in [2.75, 3.05) is 7.11 Å². The summed E-state index contributed by atoms with van der Waals surface area (Å²) in [6.07, 6.45) is 18.0. The van der Waals surface area contributed by atoms with Crippen LogP contribution in [0.1, 0.15) is 85.5 Å². The number of carbonyl (C=O) groups excluding carboxylic acids is 1. The zero-order chi connectivity index (χ0) is 20.9. The second-order valence-corrected chi connectivity index (χ2v) is 8.35. The van der Waals surface area contributed by atoms with Crippen LogP contribution in [0.15, 0.2) is 58.7 Å². The van der Waals surface area contributed by atoms with Crippen molar-refractivity contribution in [3.63, 3.8) is 0 Å². The molecular weight excluding hydrogens is 344 g/mol. The van der Waals surface area contributed by atoms with Crippen molar-refractivity contribution < 1.29 is 9.53 Å². The summed E-state index contributed by atoms with van der Waals surface area (Å²) in [5.41, 5.74) is 6.32. The fourth-order valence-corrected chi connectivity index (χ4v) is 3.57. The number of hydrogen-bond acceptors (Lipinski definition) is 2. The molecule has 0 fully saturated rings. The normalized spacial score (nSPS) is 25.0. The molecular formula is C26H40O2. The van der Waals surface area contributed by atoms with Crippen molar-refractivity contribution in [2.24, 2.45) is 5.92 Å². The van der Waals surface area contributed by atoms with E-state index in [9.17, 15) is 4.79 Å². The predicted octanol–water partition coefficient (Wildman–Crippen LogP) is 7.64. The molecule has 0 aromatic rings. The minimum absolute atomic E-state index is 0.192. The Balaban J connectivity index is 2.99.